The molecule has 1 aromatic heterocycles. The smallest absolute Gasteiger partial charge is 0.328 e. The minimum Gasteiger partial charge on any atom is -0.494 e. The molecular weight excluding hydrogens is 282 g/mol. The topological polar surface area (TPSA) is 90.4 Å². The Morgan fingerprint density at radius 2 is 1.68 bits per heavy atom. The van der Waals surface area contributed by atoms with Crippen LogP contribution in [-0.4, -0.2) is 28.2 Å². The van der Waals surface area contributed by atoms with E-state index in [4.69, 9.17) is 0 Å². The number of nitrogens with one attached hydrogen (secondary N) is 3. The third-order valence-corrected chi connectivity index (χ3v) is 3.97. The molecule has 0 saturated heterocycles. The van der Waals surface area contributed by atoms with Crippen molar-refractivity contribution in [2.45, 2.75) is 26.8 Å². The summed E-state index contributed by atoms with van der Waals surface area (Å²) in [7, 11) is 0. The predicted octanol–water partition coefficient (Wildman–Crippen LogP) is 0.0913. The van der Waals surface area contributed by atoms with Crippen LogP contribution in [0.2, 0.25) is 0 Å². The molecule has 6 nitrogen and oxygen atoms in total. The maximum Gasteiger partial charge on any atom is 0.328 e. The average molecular weight is 304 g/mol. The van der Waals surface area contributed by atoms with E-state index in [-0.39, 0.29) is 17.5 Å². The molecule has 118 valence electrons. The molecule has 4 N–H and O–H groups in total. The first kappa shape index (κ1) is 16.0. The summed E-state index contributed by atoms with van der Waals surface area (Å²) in [6.45, 7) is 7.61. The quantitative estimate of drug-likeness (QED) is 0.631. The Labute approximate surface area is 128 Å². The largest absolute Gasteiger partial charge is 0.494 e. The maximum atomic E-state index is 12.2. The van der Waals surface area contributed by atoms with E-state index in [0.717, 1.165) is 29.1 Å². The van der Waals surface area contributed by atoms with Crippen LogP contribution < -0.4 is 16.1 Å². The van der Waals surface area contributed by atoms with Gasteiger partial charge in [0.2, 0.25) is 5.88 Å². The van der Waals surface area contributed by atoms with Crippen LogP contribution in [-0.2, 0) is 0 Å². The van der Waals surface area contributed by atoms with Crippen molar-refractivity contribution in [3.63, 3.8) is 0 Å². The van der Waals surface area contributed by atoms with Crippen LogP contribution in [0.4, 0.5) is 0 Å². The van der Waals surface area contributed by atoms with E-state index in [9.17, 15) is 14.7 Å². The molecule has 1 unspecified atom stereocenters. The normalized spacial score (nSPS) is 12.5. The minimum absolute atomic E-state index is 0.196. The molecule has 1 heterocycles. The molecule has 1 atom stereocenters. The monoisotopic (exact) mass is 304 g/mol. The molecule has 0 amide bonds. The van der Waals surface area contributed by atoms with E-state index in [1.807, 2.05) is 45.0 Å². The second-order valence-corrected chi connectivity index (χ2v) is 5.38. The van der Waals surface area contributed by atoms with Crippen molar-refractivity contribution in [3.05, 3.63) is 61.8 Å². The van der Waals surface area contributed by atoms with Gasteiger partial charge in [-0.2, -0.15) is 0 Å². The third kappa shape index (κ3) is 3.12. The molecule has 2 rings (SSSR count). The average Bonchev–Trinajstić information content (AvgIpc) is 2.47. The molecule has 0 saturated carbocycles. The number of aromatic amines is 2. The summed E-state index contributed by atoms with van der Waals surface area (Å²) in [4.78, 5) is 29.1. The summed E-state index contributed by atoms with van der Waals surface area (Å²) in [6.07, 6.45) is 0. The molecule has 2 aromatic rings. The highest BCUT2D eigenvalue weighted by atomic mass is 16.3. The predicted molar refractivity (Wildman–Crippen MR) is 84.4 cm³/mol. The zero-order valence-electron chi connectivity index (χ0n) is 13.1. The van der Waals surface area contributed by atoms with Crippen molar-refractivity contribution >= 4 is 0 Å². The van der Waals surface area contributed by atoms with Crippen molar-refractivity contribution in [2.75, 3.05) is 13.1 Å². The Morgan fingerprint density at radius 1 is 1.09 bits per heavy atom. The fourth-order valence-electron chi connectivity index (χ4n) is 2.78. The van der Waals surface area contributed by atoms with Gasteiger partial charge in [-0.1, -0.05) is 29.8 Å². The van der Waals surface area contributed by atoms with Gasteiger partial charge >= 0.3 is 5.69 Å². The highest BCUT2D eigenvalue weighted by Crippen LogP contribution is 2.22. The van der Waals surface area contributed by atoms with Crippen LogP contribution in [0.25, 0.3) is 0 Å². The van der Waals surface area contributed by atoms with Crippen molar-refractivity contribution in [2.24, 2.45) is 0 Å². The maximum absolute atomic E-state index is 12.2. The summed E-state index contributed by atoms with van der Waals surface area (Å²) >= 11 is 0. The lowest BCUT2D eigenvalue weighted by molar-refractivity contribution is -0.922. The number of aromatic nitrogens is 2. The number of hydrogen-bond acceptors (Lipinski definition) is 3. The van der Waals surface area contributed by atoms with Gasteiger partial charge < -0.3 is 10.0 Å². The van der Waals surface area contributed by atoms with Gasteiger partial charge in [0.25, 0.3) is 5.56 Å². The summed E-state index contributed by atoms with van der Waals surface area (Å²) in [6, 6.07) is 7.52. The highest BCUT2D eigenvalue weighted by molar-refractivity contribution is 5.34. The summed E-state index contributed by atoms with van der Waals surface area (Å²) in [5.74, 6) is -0.362. The van der Waals surface area contributed by atoms with Crippen LogP contribution in [0.5, 0.6) is 5.88 Å². The first-order chi connectivity index (χ1) is 10.5. The molecule has 0 bridgehead atoms. The van der Waals surface area contributed by atoms with Crippen LogP contribution in [0, 0.1) is 6.92 Å². The Balaban J connectivity index is 2.66. The van der Waals surface area contributed by atoms with Crippen LogP contribution in [0.3, 0.4) is 0 Å². The van der Waals surface area contributed by atoms with Gasteiger partial charge in [-0.05, 0) is 20.8 Å². The van der Waals surface area contributed by atoms with Gasteiger partial charge in [-0.3, -0.25) is 14.8 Å². The highest BCUT2D eigenvalue weighted by Gasteiger charge is 2.30. The Morgan fingerprint density at radius 3 is 2.18 bits per heavy atom. The molecule has 22 heavy (non-hydrogen) atoms. The summed E-state index contributed by atoms with van der Waals surface area (Å²) < 4.78 is 0. The molecule has 0 spiro atoms. The number of hydrogen-bond donors (Lipinski definition) is 4. The number of H-pyrrole nitrogens is 2. The fraction of sp³-hybridized carbons (Fsp3) is 0.375. The van der Waals surface area contributed by atoms with Crippen molar-refractivity contribution in [1.29, 1.82) is 0 Å². The van der Waals surface area contributed by atoms with Crippen LogP contribution >= 0.6 is 0 Å². The molecule has 0 radical (unpaired) electrons. The van der Waals surface area contributed by atoms with Crippen LogP contribution in [0.1, 0.15) is 36.6 Å². The lowest BCUT2D eigenvalue weighted by Gasteiger charge is -2.27. The van der Waals surface area contributed by atoms with E-state index >= 15 is 0 Å². The lowest BCUT2D eigenvalue weighted by atomic mass is 9.97. The van der Waals surface area contributed by atoms with Gasteiger partial charge in [0.15, 0.2) is 0 Å². The second-order valence-electron chi connectivity index (χ2n) is 5.38. The van der Waals surface area contributed by atoms with Crippen LogP contribution in [0.15, 0.2) is 33.9 Å². The zero-order valence-corrected chi connectivity index (χ0v) is 13.1. The molecule has 1 aromatic carbocycles. The lowest BCUT2D eigenvalue weighted by Crippen LogP contribution is -3.12. The standard InChI is InChI=1S/C16H21N3O3/c1-4-19(5-2)13(11-8-6-10(3)7-9-11)12-14(20)17-16(22)18-15(12)21/h6-9,13H,4-5H2,1-3H3,(H3,17,18,20,21,22)/p+1. The Kier molecular flexibility index (Phi) is 4.82. The first-order valence-corrected chi connectivity index (χ1v) is 7.44. The molecular formula is C16H22N3O3+. The molecule has 0 aliphatic heterocycles. The SMILES string of the molecule is CC[NH+](CC)C(c1ccc(C)cc1)c1c(O)[nH]c(=O)[nH]c1=O. The summed E-state index contributed by atoms with van der Waals surface area (Å²) in [5.41, 5.74) is 0.991. The van der Waals surface area contributed by atoms with Gasteiger partial charge in [0.05, 0.1) is 13.1 Å². The first-order valence-electron chi connectivity index (χ1n) is 7.44. The molecule has 0 aliphatic rings. The Bertz CT molecular complexity index is 742. The van der Waals surface area contributed by atoms with E-state index < -0.39 is 11.2 Å². The fourth-order valence-corrected chi connectivity index (χ4v) is 2.78. The van der Waals surface area contributed by atoms with E-state index in [1.54, 1.807) is 0 Å². The van der Waals surface area contributed by atoms with Gasteiger partial charge in [-0.25, -0.2) is 4.79 Å². The third-order valence-electron chi connectivity index (χ3n) is 3.97. The number of aromatic hydroxyl groups is 1. The summed E-state index contributed by atoms with van der Waals surface area (Å²) in [5, 5.41) is 10.1. The van der Waals surface area contributed by atoms with Crippen molar-refractivity contribution < 1.29 is 10.0 Å². The van der Waals surface area contributed by atoms with E-state index in [1.165, 1.54) is 0 Å². The van der Waals surface area contributed by atoms with Gasteiger partial charge in [0.1, 0.15) is 11.6 Å². The Hall–Kier alpha value is -2.34. The van der Waals surface area contributed by atoms with E-state index in [2.05, 4.69) is 9.97 Å². The number of benzene rings is 1. The zero-order chi connectivity index (χ0) is 16.3. The van der Waals surface area contributed by atoms with E-state index in [0.29, 0.717) is 0 Å². The molecule has 0 aliphatic carbocycles. The molecule has 6 heteroatoms. The number of rotatable bonds is 5. The van der Waals surface area contributed by atoms with Gasteiger partial charge in [0, 0.05) is 5.56 Å². The number of quaternary nitrogens is 1. The minimum atomic E-state index is -0.705. The van der Waals surface area contributed by atoms with Crippen molar-refractivity contribution in [1.82, 2.24) is 9.97 Å². The second kappa shape index (κ2) is 6.62. The molecule has 0 fully saturated rings. The van der Waals surface area contributed by atoms with Gasteiger partial charge in [-0.15, -0.1) is 0 Å². The van der Waals surface area contributed by atoms with Crippen molar-refractivity contribution in [3.8, 4) is 5.88 Å². The number of aryl methyl sites for hydroxylation is 1.